The van der Waals surface area contributed by atoms with E-state index in [1.54, 1.807) is 25.3 Å². The van der Waals surface area contributed by atoms with Gasteiger partial charge in [-0.25, -0.2) is 0 Å². The first-order valence-corrected chi connectivity index (χ1v) is 13.7. The third kappa shape index (κ3) is 8.67. The van der Waals surface area contributed by atoms with Gasteiger partial charge in [-0.05, 0) is 54.0 Å². The molecule has 8 heteroatoms. The molecule has 0 saturated carbocycles. The molecular weight excluding hydrogens is 494 g/mol. The lowest BCUT2D eigenvalue weighted by Gasteiger charge is -2.25. The van der Waals surface area contributed by atoms with Crippen LogP contribution >= 0.6 is 0 Å². The monoisotopic (exact) mass is 535 g/mol. The Balaban J connectivity index is 1.66. The van der Waals surface area contributed by atoms with E-state index in [1.807, 2.05) is 58.0 Å². The molecule has 0 heterocycles. The first-order valence-electron chi connectivity index (χ1n) is 13.7. The van der Waals surface area contributed by atoms with Crippen LogP contribution in [0.15, 0.2) is 48.5 Å². The Labute approximate surface area is 231 Å². The van der Waals surface area contributed by atoms with Crippen LogP contribution < -0.4 is 20.7 Å². The van der Waals surface area contributed by atoms with Crippen LogP contribution in [0.3, 0.4) is 0 Å². The number of ketones is 1. The summed E-state index contributed by atoms with van der Waals surface area (Å²) >= 11 is 0. The highest BCUT2D eigenvalue weighted by Crippen LogP contribution is 2.37. The number of rotatable bonds is 13. The predicted molar refractivity (Wildman–Crippen MR) is 150 cm³/mol. The SMILES string of the molecule is COc1ccc2c(c1)C(CC(=O)N[C@@H](CC(C)C)C(=O)N[C@H](CC(C)C)C(=O)NCc1ccccc1)CC2=O. The molecule has 0 spiro atoms. The van der Waals surface area contributed by atoms with Gasteiger partial charge in [-0.15, -0.1) is 0 Å². The Bertz CT molecular complexity index is 1160. The lowest BCUT2D eigenvalue weighted by Crippen LogP contribution is -2.54. The van der Waals surface area contributed by atoms with E-state index in [2.05, 4.69) is 16.0 Å². The summed E-state index contributed by atoms with van der Waals surface area (Å²) in [7, 11) is 1.56. The fraction of sp³-hybridized carbons (Fsp3) is 0.484. The van der Waals surface area contributed by atoms with Gasteiger partial charge in [-0.3, -0.25) is 19.2 Å². The van der Waals surface area contributed by atoms with Crippen molar-refractivity contribution < 1.29 is 23.9 Å². The second-order valence-electron chi connectivity index (χ2n) is 11.1. The Kier molecular flexibility index (Phi) is 10.7. The van der Waals surface area contributed by atoms with Gasteiger partial charge in [0.25, 0.3) is 0 Å². The summed E-state index contributed by atoms with van der Waals surface area (Å²) in [6.07, 6.45) is 1.22. The fourth-order valence-corrected chi connectivity index (χ4v) is 4.95. The zero-order valence-corrected chi connectivity index (χ0v) is 23.6. The van der Waals surface area contributed by atoms with Crippen molar-refractivity contribution in [2.75, 3.05) is 7.11 Å². The molecule has 1 aliphatic carbocycles. The van der Waals surface area contributed by atoms with Gasteiger partial charge in [0.05, 0.1) is 7.11 Å². The van der Waals surface area contributed by atoms with Gasteiger partial charge in [-0.1, -0.05) is 58.0 Å². The van der Waals surface area contributed by atoms with Gasteiger partial charge in [0.1, 0.15) is 17.8 Å². The molecule has 0 aromatic heterocycles. The fourth-order valence-electron chi connectivity index (χ4n) is 4.95. The summed E-state index contributed by atoms with van der Waals surface area (Å²) in [4.78, 5) is 52.0. The first kappa shape index (κ1) is 29.9. The second kappa shape index (κ2) is 13.9. The van der Waals surface area contributed by atoms with Crippen molar-refractivity contribution in [1.29, 1.82) is 0 Å². The summed E-state index contributed by atoms with van der Waals surface area (Å²) < 4.78 is 5.30. The van der Waals surface area contributed by atoms with Crippen LogP contribution in [-0.4, -0.2) is 42.7 Å². The van der Waals surface area contributed by atoms with Crippen molar-refractivity contribution in [2.45, 2.75) is 77.9 Å². The molecule has 1 unspecified atom stereocenters. The molecule has 3 amide bonds. The summed E-state index contributed by atoms with van der Waals surface area (Å²) in [6, 6.07) is 13.4. The molecule has 3 rings (SSSR count). The van der Waals surface area contributed by atoms with E-state index in [1.165, 1.54) is 0 Å². The average Bonchev–Trinajstić information content (AvgIpc) is 3.20. The smallest absolute Gasteiger partial charge is 0.243 e. The van der Waals surface area contributed by atoms with Crippen molar-refractivity contribution in [3.8, 4) is 5.75 Å². The minimum Gasteiger partial charge on any atom is -0.497 e. The average molecular weight is 536 g/mol. The van der Waals surface area contributed by atoms with Gasteiger partial charge >= 0.3 is 0 Å². The standard InChI is InChI=1S/C31H41N3O5/c1-19(2)13-26(30(37)32-18-21-9-7-6-8-10-21)34-31(38)27(14-20(3)4)33-29(36)16-22-15-28(35)24-12-11-23(39-5)17-25(22)24/h6-12,17,19-20,22,26-27H,13-16,18H2,1-5H3,(H,32,37)(H,33,36)(H,34,38)/t22?,26-,27+/m1/s1. The number of ether oxygens (including phenoxy) is 1. The van der Waals surface area contributed by atoms with Crippen LogP contribution in [0.4, 0.5) is 0 Å². The van der Waals surface area contributed by atoms with E-state index in [-0.39, 0.29) is 54.1 Å². The molecule has 0 saturated heterocycles. The van der Waals surface area contributed by atoms with Crippen molar-refractivity contribution in [2.24, 2.45) is 11.8 Å². The number of hydrogen-bond donors (Lipinski definition) is 3. The molecule has 1 aliphatic rings. The van der Waals surface area contributed by atoms with E-state index >= 15 is 0 Å². The zero-order chi connectivity index (χ0) is 28.5. The van der Waals surface area contributed by atoms with E-state index in [4.69, 9.17) is 4.74 Å². The molecule has 210 valence electrons. The molecule has 0 bridgehead atoms. The molecule has 3 atom stereocenters. The van der Waals surface area contributed by atoms with Crippen LogP contribution in [0.5, 0.6) is 5.75 Å². The minimum atomic E-state index is -0.795. The summed E-state index contributed by atoms with van der Waals surface area (Å²) in [5.74, 6) is -0.288. The number of methoxy groups -OCH3 is 1. The van der Waals surface area contributed by atoms with Crippen LogP contribution in [0.2, 0.25) is 0 Å². The maximum Gasteiger partial charge on any atom is 0.243 e. The van der Waals surface area contributed by atoms with E-state index in [9.17, 15) is 19.2 Å². The third-order valence-corrected chi connectivity index (χ3v) is 6.87. The van der Waals surface area contributed by atoms with Crippen molar-refractivity contribution >= 4 is 23.5 Å². The highest BCUT2D eigenvalue weighted by molar-refractivity contribution is 6.02. The third-order valence-electron chi connectivity index (χ3n) is 6.87. The molecule has 2 aromatic carbocycles. The Morgan fingerprint density at radius 2 is 1.54 bits per heavy atom. The highest BCUT2D eigenvalue weighted by atomic mass is 16.5. The lowest BCUT2D eigenvalue weighted by molar-refractivity contribution is -0.132. The molecule has 2 aromatic rings. The van der Waals surface area contributed by atoms with E-state index in [0.29, 0.717) is 30.7 Å². The summed E-state index contributed by atoms with van der Waals surface area (Å²) in [5.41, 5.74) is 2.38. The molecule has 0 radical (unpaired) electrons. The molecule has 3 N–H and O–H groups in total. The normalized spacial score (nSPS) is 16.0. The van der Waals surface area contributed by atoms with Gasteiger partial charge in [0.15, 0.2) is 5.78 Å². The molecule has 0 fully saturated rings. The topological polar surface area (TPSA) is 114 Å². The van der Waals surface area contributed by atoms with Crippen molar-refractivity contribution in [3.05, 3.63) is 65.2 Å². The number of Topliss-reactive ketones (excluding diaryl/α,β-unsaturated/α-hetero) is 1. The molecular formula is C31H41N3O5. The van der Waals surface area contributed by atoms with Gasteiger partial charge in [0.2, 0.25) is 17.7 Å². The number of carbonyl (C=O) groups is 4. The summed E-state index contributed by atoms with van der Waals surface area (Å²) in [5, 5.41) is 8.69. The van der Waals surface area contributed by atoms with E-state index in [0.717, 1.165) is 11.1 Å². The molecule has 0 aliphatic heterocycles. The zero-order valence-electron chi connectivity index (χ0n) is 23.6. The lowest BCUT2D eigenvalue weighted by atomic mass is 9.96. The number of carbonyl (C=O) groups excluding carboxylic acids is 4. The second-order valence-corrected chi connectivity index (χ2v) is 11.1. The van der Waals surface area contributed by atoms with E-state index < -0.39 is 12.1 Å². The number of amides is 3. The number of fused-ring (bicyclic) bond motifs is 1. The van der Waals surface area contributed by atoms with Crippen LogP contribution in [0.1, 0.15) is 80.8 Å². The Morgan fingerprint density at radius 1 is 0.897 bits per heavy atom. The molecule has 39 heavy (non-hydrogen) atoms. The number of hydrogen-bond acceptors (Lipinski definition) is 5. The summed E-state index contributed by atoms with van der Waals surface area (Å²) in [6.45, 7) is 8.30. The quantitative estimate of drug-likeness (QED) is 0.357. The Morgan fingerprint density at radius 3 is 2.15 bits per heavy atom. The number of benzene rings is 2. The van der Waals surface area contributed by atoms with Crippen LogP contribution in [-0.2, 0) is 20.9 Å². The maximum absolute atomic E-state index is 13.4. The number of nitrogens with one attached hydrogen (secondary N) is 3. The van der Waals surface area contributed by atoms with Gasteiger partial charge in [0, 0.05) is 30.9 Å². The van der Waals surface area contributed by atoms with Gasteiger partial charge in [-0.2, -0.15) is 0 Å². The highest BCUT2D eigenvalue weighted by Gasteiger charge is 2.33. The molecule has 8 nitrogen and oxygen atoms in total. The van der Waals surface area contributed by atoms with Crippen molar-refractivity contribution in [1.82, 2.24) is 16.0 Å². The largest absolute Gasteiger partial charge is 0.497 e. The van der Waals surface area contributed by atoms with Crippen molar-refractivity contribution in [3.63, 3.8) is 0 Å². The van der Waals surface area contributed by atoms with Crippen LogP contribution in [0, 0.1) is 11.8 Å². The minimum absolute atomic E-state index is 0.0000288. The van der Waals surface area contributed by atoms with Crippen LogP contribution in [0.25, 0.3) is 0 Å². The first-order chi connectivity index (χ1) is 18.6. The Hall–Kier alpha value is -3.68. The maximum atomic E-state index is 13.4. The van der Waals surface area contributed by atoms with Gasteiger partial charge < -0.3 is 20.7 Å². The predicted octanol–water partition coefficient (Wildman–Crippen LogP) is 4.13.